The summed E-state index contributed by atoms with van der Waals surface area (Å²) in [6.45, 7) is 8.30. The molecule has 0 saturated carbocycles. The Kier molecular flexibility index (Phi) is 6.58. The van der Waals surface area contributed by atoms with Gasteiger partial charge in [-0.2, -0.15) is 0 Å². The van der Waals surface area contributed by atoms with Crippen LogP contribution in [0.4, 0.5) is 14.5 Å². The van der Waals surface area contributed by atoms with E-state index in [1.54, 1.807) is 12.0 Å². The van der Waals surface area contributed by atoms with Gasteiger partial charge < -0.3 is 20.3 Å². The third kappa shape index (κ3) is 5.29. The molecule has 25 heavy (non-hydrogen) atoms. The van der Waals surface area contributed by atoms with E-state index in [9.17, 15) is 8.78 Å². The molecule has 1 heterocycles. The molecule has 0 spiro atoms. The van der Waals surface area contributed by atoms with E-state index in [0.717, 1.165) is 13.0 Å². The van der Waals surface area contributed by atoms with Gasteiger partial charge >= 0.3 is 0 Å². The molecule has 5 nitrogen and oxygen atoms in total. The Morgan fingerprint density at radius 3 is 2.64 bits per heavy atom. The largest absolute Gasteiger partial charge is 0.377 e. The summed E-state index contributed by atoms with van der Waals surface area (Å²) in [4.78, 5) is 6.30. The molecule has 2 N–H and O–H groups in total. The molecule has 1 aromatic rings. The first-order valence-corrected chi connectivity index (χ1v) is 8.65. The first-order valence-electron chi connectivity index (χ1n) is 8.65. The van der Waals surface area contributed by atoms with Crippen molar-refractivity contribution in [1.82, 2.24) is 10.6 Å². The molecular weight excluding hydrogens is 326 g/mol. The molecule has 0 aliphatic carbocycles. The van der Waals surface area contributed by atoms with Gasteiger partial charge in [0.25, 0.3) is 0 Å². The molecule has 1 aliphatic rings. The van der Waals surface area contributed by atoms with Crippen LogP contribution in [-0.2, 0) is 4.74 Å². The standard InChI is InChI=1S/C18H28F2N4O/c1-5-21-17(22-12-18(2,3)25-4)23-13-9-10-24(11-13)16-14(19)7-6-8-15(16)20/h6-8,13H,5,9-12H2,1-4H3,(H2,21,22,23). The Labute approximate surface area is 148 Å². The lowest BCUT2D eigenvalue weighted by Crippen LogP contribution is -2.45. The van der Waals surface area contributed by atoms with Gasteiger partial charge in [-0.15, -0.1) is 0 Å². The van der Waals surface area contributed by atoms with Crippen LogP contribution in [0.15, 0.2) is 23.2 Å². The van der Waals surface area contributed by atoms with Gasteiger partial charge in [-0.25, -0.2) is 8.78 Å². The number of rotatable bonds is 6. The molecule has 2 rings (SSSR count). The van der Waals surface area contributed by atoms with E-state index in [4.69, 9.17) is 4.74 Å². The quantitative estimate of drug-likeness (QED) is 0.609. The molecule has 1 aliphatic heterocycles. The second kappa shape index (κ2) is 8.47. The molecule has 140 valence electrons. The fraction of sp³-hybridized carbons (Fsp3) is 0.611. The van der Waals surface area contributed by atoms with E-state index in [-0.39, 0.29) is 17.3 Å². The van der Waals surface area contributed by atoms with Crippen molar-refractivity contribution in [3.8, 4) is 0 Å². The van der Waals surface area contributed by atoms with E-state index in [1.807, 2.05) is 20.8 Å². The Hall–Kier alpha value is -1.89. The molecule has 1 saturated heterocycles. The lowest BCUT2D eigenvalue weighted by Gasteiger charge is -2.23. The summed E-state index contributed by atoms with van der Waals surface area (Å²) in [5.41, 5.74) is -0.297. The Morgan fingerprint density at radius 2 is 2.04 bits per heavy atom. The van der Waals surface area contributed by atoms with Crippen LogP contribution in [0.25, 0.3) is 0 Å². The maximum absolute atomic E-state index is 14.0. The monoisotopic (exact) mass is 354 g/mol. The number of hydrogen-bond acceptors (Lipinski definition) is 3. The van der Waals surface area contributed by atoms with Crippen LogP contribution in [0.5, 0.6) is 0 Å². The van der Waals surface area contributed by atoms with E-state index in [0.29, 0.717) is 25.6 Å². The highest BCUT2D eigenvalue weighted by Gasteiger charge is 2.27. The summed E-state index contributed by atoms with van der Waals surface area (Å²) < 4.78 is 33.3. The molecule has 0 amide bonds. The van der Waals surface area contributed by atoms with Crippen LogP contribution in [-0.4, -0.2) is 50.9 Å². The van der Waals surface area contributed by atoms with Crippen molar-refractivity contribution in [2.24, 2.45) is 4.99 Å². The fourth-order valence-electron chi connectivity index (χ4n) is 2.72. The number of para-hydroxylation sites is 1. The van der Waals surface area contributed by atoms with Crippen molar-refractivity contribution in [2.75, 3.05) is 38.2 Å². The van der Waals surface area contributed by atoms with E-state index in [1.165, 1.54) is 18.2 Å². The number of halogens is 2. The number of ether oxygens (including phenoxy) is 1. The van der Waals surface area contributed by atoms with Crippen LogP contribution >= 0.6 is 0 Å². The summed E-state index contributed by atoms with van der Waals surface area (Å²) in [6, 6.07) is 4.03. The number of aliphatic imine (C=N–C) groups is 1. The smallest absolute Gasteiger partial charge is 0.191 e. The number of hydrogen-bond donors (Lipinski definition) is 2. The zero-order valence-electron chi connectivity index (χ0n) is 15.4. The van der Waals surface area contributed by atoms with Crippen LogP contribution in [0.1, 0.15) is 27.2 Å². The highest BCUT2D eigenvalue weighted by molar-refractivity contribution is 5.80. The number of nitrogens with one attached hydrogen (secondary N) is 2. The number of benzene rings is 1. The van der Waals surface area contributed by atoms with Crippen LogP contribution in [0, 0.1) is 11.6 Å². The molecular formula is C18H28F2N4O. The van der Waals surface area contributed by atoms with E-state index >= 15 is 0 Å². The van der Waals surface area contributed by atoms with Gasteiger partial charge in [0, 0.05) is 32.8 Å². The molecule has 1 fully saturated rings. The maximum Gasteiger partial charge on any atom is 0.191 e. The number of anilines is 1. The van der Waals surface area contributed by atoms with Gasteiger partial charge in [0.1, 0.15) is 17.3 Å². The van der Waals surface area contributed by atoms with Crippen molar-refractivity contribution in [3.05, 3.63) is 29.8 Å². The first-order chi connectivity index (χ1) is 11.9. The minimum atomic E-state index is -0.525. The summed E-state index contributed by atoms with van der Waals surface area (Å²) >= 11 is 0. The lowest BCUT2D eigenvalue weighted by molar-refractivity contribution is 0.0310. The van der Waals surface area contributed by atoms with Gasteiger partial charge in [-0.1, -0.05) is 6.07 Å². The predicted octanol–water partition coefficient (Wildman–Crippen LogP) is 2.52. The maximum atomic E-state index is 14.0. The lowest BCUT2D eigenvalue weighted by atomic mass is 10.1. The summed E-state index contributed by atoms with van der Waals surface area (Å²) in [5.74, 6) is -0.361. The molecule has 0 radical (unpaired) electrons. The van der Waals surface area contributed by atoms with Gasteiger partial charge in [-0.05, 0) is 39.3 Å². The summed E-state index contributed by atoms with van der Waals surface area (Å²) in [5, 5.41) is 6.55. The first kappa shape index (κ1) is 19.4. The molecule has 7 heteroatoms. The summed E-state index contributed by atoms with van der Waals surface area (Å²) in [6.07, 6.45) is 0.784. The molecule has 0 bridgehead atoms. The fourth-order valence-corrected chi connectivity index (χ4v) is 2.72. The third-order valence-corrected chi connectivity index (χ3v) is 4.30. The normalized spacial score (nSPS) is 18.6. The number of methoxy groups -OCH3 is 1. The SMILES string of the molecule is CCNC(=NCC(C)(C)OC)NC1CCN(c2c(F)cccc2F)C1. The van der Waals surface area contributed by atoms with E-state index in [2.05, 4.69) is 15.6 Å². The number of nitrogens with zero attached hydrogens (tertiary/aromatic N) is 2. The Bertz CT molecular complexity index is 586. The topological polar surface area (TPSA) is 48.9 Å². The average Bonchev–Trinajstić information content (AvgIpc) is 3.01. The van der Waals surface area contributed by atoms with Gasteiger partial charge in [0.05, 0.1) is 12.1 Å². The minimum absolute atomic E-state index is 0.0502. The molecule has 1 unspecified atom stereocenters. The van der Waals surface area contributed by atoms with Gasteiger partial charge in [0.15, 0.2) is 5.96 Å². The molecule has 0 aromatic heterocycles. The average molecular weight is 354 g/mol. The van der Waals surface area contributed by atoms with Gasteiger partial charge in [-0.3, -0.25) is 4.99 Å². The second-order valence-electron chi connectivity index (χ2n) is 6.81. The van der Waals surface area contributed by atoms with Crippen molar-refractivity contribution < 1.29 is 13.5 Å². The minimum Gasteiger partial charge on any atom is -0.377 e. The van der Waals surface area contributed by atoms with Crippen molar-refractivity contribution in [1.29, 1.82) is 0 Å². The highest BCUT2D eigenvalue weighted by atomic mass is 19.1. The van der Waals surface area contributed by atoms with Crippen LogP contribution in [0.3, 0.4) is 0 Å². The van der Waals surface area contributed by atoms with Crippen molar-refractivity contribution in [3.63, 3.8) is 0 Å². The zero-order chi connectivity index (χ0) is 18.4. The van der Waals surface area contributed by atoms with E-state index < -0.39 is 11.6 Å². The third-order valence-electron chi connectivity index (χ3n) is 4.30. The predicted molar refractivity (Wildman–Crippen MR) is 97.2 cm³/mol. The highest BCUT2D eigenvalue weighted by Crippen LogP contribution is 2.26. The van der Waals surface area contributed by atoms with Gasteiger partial charge in [0.2, 0.25) is 0 Å². The zero-order valence-corrected chi connectivity index (χ0v) is 15.4. The van der Waals surface area contributed by atoms with Crippen LogP contribution < -0.4 is 15.5 Å². The summed E-state index contributed by atoms with van der Waals surface area (Å²) in [7, 11) is 1.66. The Morgan fingerprint density at radius 1 is 1.36 bits per heavy atom. The van der Waals surface area contributed by atoms with Crippen molar-refractivity contribution in [2.45, 2.75) is 38.8 Å². The molecule has 1 atom stereocenters. The Balaban J connectivity index is 2.01. The molecule has 1 aromatic carbocycles. The van der Waals surface area contributed by atoms with Crippen LogP contribution in [0.2, 0.25) is 0 Å². The van der Waals surface area contributed by atoms with Crippen molar-refractivity contribution >= 4 is 11.6 Å². The number of guanidine groups is 1. The second-order valence-corrected chi connectivity index (χ2v) is 6.81.